The van der Waals surface area contributed by atoms with Crippen molar-refractivity contribution in [1.29, 1.82) is 0 Å². The predicted octanol–water partition coefficient (Wildman–Crippen LogP) is 16.6. The van der Waals surface area contributed by atoms with Crippen molar-refractivity contribution in [1.82, 2.24) is 14.9 Å². The maximum absolute atomic E-state index is 13.0. The van der Waals surface area contributed by atoms with Crippen molar-refractivity contribution in [3.63, 3.8) is 0 Å². The van der Waals surface area contributed by atoms with Crippen molar-refractivity contribution in [3.05, 3.63) is 11.9 Å². The van der Waals surface area contributed by atoms with Crippen LogP contribution < -0.4 is 5.32 Å². The van der Waals surface area contributed by atoms with Crippen LogP contribution in [0.25, 0.3) is 0 Å². The molecule has 0 aliphatic carbocycles. The second-order valence-electron chi connectivity index (χ2n) is 19.5. The molecular weight excluding hydrogens is 807 g/mol. The maximum atomic E-state index is 13.0. The molecular formula is C56H105N5O4. The number of aromatic nitrogens is 2. The summed E-state index contributed by atoms with van der Waals surface area (Å²) < 4.78 is 12.0. The molecule has 1 N–H and O–H groups in total. The smallest absolute Gasteiger partial charge is 0.306 e. The van der Waals surface area contributed by atoms with E-state index in [2.05, 4.69) is 66.7 Å². The number of nitrogens with one attached hydrogen (secondary N) is 1. The average molecular weight is 912 g/mol. The van der Waals surface area contributed by atoms with Gasteiger partial charge in [0.05, 0.1) is 0 Å². The standard InChI is InChI=1S/C56H105N5O4/c1-8-13-16-19-24-31-39-50(11-4)64-52(62)42-34-27-22-29-36-45-61(47-38-44-58-56-54(49(6)7)55(57-12-5)59-48-60-56)46-37-30-23-28-35-43-53(63)65-51(40-32-25-20-17-14-9-2)41-33-26-21-18-15-10-3/h12,48-51H,8-11,13-47H2,1-7H3,(H,58,59,60). The molecule has 1 aromatic heterocycles. The fraction of sp³-hybridized carbons (Fsp3) is 0.875. The molecule has 0 fully saturated rings. The second kappa shape index (κ2) is 44.0. The summed E-state index contributed by atoms with van der Waals surface area (Å²) in [5.41, 5.74) is 1.07. The van der Waals surface area contributed by atoms with Gasteiger partial charge in [0, 0.05) is 31.2 Å². The molecule has 0 saturated heterocycles. The molecule has 1 heterocycles. The van der Waals surface area contributed by atoms with Gasteiger partial charge in [0.2, 0.25) is 0 Å². The molecule has 65 heavy (non-hydrogen) atoms. The van der Waals surface area contributed by atoms with E-state index in [4.69, 9.17) is 9.47 Å². The molecule has 378 valence electrons. The van der Waals surface area contributed by atoms with E-state index < -0.39 is 0 Å². The van der Waals surface area contributed by atoms with Gasteiger partial charge in [-0.05, 0) is 110 Å². The maximum Gasteiger partial charge on any atom is 0.306 e. The number of anilines is 1. The molecule has 0 spiro atoms. The average Bonchev–Trinajstić information content (AvgIpc) is 3.29. The number of unbranched alkanes of at least 4 members (excludes halogenated alkanes) is 23. The van der Waals surface area contributed by atoms with E-state index in [1.54, 1.807) is 12.5 Å². The molecule has 9 heteroatoms. The van der Waals surface area contributed by atoms with Crippen LogP contribution in [0.1, 0.15) is 285 Å². The lowest BCUT2D eigenvalue weighted by Gasteiger charge is -2.23. The third-order valence-corrected chi connectivity index (χ3v) is 13.0. The largest absolute Gasteiger partial charge is 0.462 e. The van der Waals surface area contributed by atoms with Crippen LogP contribution in [0, 0.1) is 0 Å². The van der Waals surface area contributed by atoms with Crippen LogP contribution >= 0.6 is 0 Å². The highest BCUT2D eigenvalue weighted by Crippen LogP contribution is 2.30. The first-order chi connectivity index (χ1) is 31.8. The summed E-state index contributed by atoms with van der Waals surface area (Å²) in [5, 5.41) is 3.60. The Morgan fingerprint density at radius 3 is 1.45 bits per heavy atom. The summed E-state index contributed by atoms with van der Waals surface area (Å²) >= 11 is 0. The van der Waals surface area contributed by atoms with Crippen LogP contribution in [0.4, 0.5) is 11.6 Å². The minimum absolute atomic E-state index is 0.00871. The van der Waals surface area contributed by atoms with E-state index in [0.29, 0.717) is 12.8 Å². The van der Waals surface area contributed by atoms with Crippen LogP contribution in [0.2, 0.25) is 0 Å². The van der Waals surface area contributed by atoms with Gasteiger partial charge in [0.15, 0.2) is 5.82 Å². The summed E-state index contributed by atoms with van der Waals surface area (Å²) in [6.07, 6.45) is 43.8. The predicted molar refractivity (Wildman–Crippen MR) is 279 cm³/mol. The monoisotopic (exact) mass is 912 g/mol. The van der Waals surface area contributed by atoms with Gasteiger partial charge in [-0.15, -0.1) is 0 Å². The summed E-state index contributed by atoms with van der Waals surface area (Å²) in [5.74, 6) is 1.93. The molecule has 0 saturated carbocycles. The molecule has 9 nitrogen and oxygen atoms in total. The normalized spacial score (nSPS) is 12.3. The quantitative estimate of drug-likeness (QED) is 0.0392. The van der Waals surface area contributed by atoms with E-state index in [1.165, 1.54) is 135 Å². The van der Waals surface area contributed by atoms with Crippen molar-refractivity contribution in [2.45, 2.75) is 291 Å². The van der Waals surface area contributed by atoms with E-state index in [9.17, 15) is 9.59 Å². The first-order valence-corrected chi connectivity index (χ1v) is 28.0. The summed E-state index contributed by atoms with van der Waals surface area (Å²) in [6.45, 7) is 19.3. The summed E-state index contributed by atoms with van der Waals surface area (Å²) in [4.78, 5) is 41.7. The van der Waals surface area contributed by atoms with Crippen molar-refractivity contribution in [2.75, 3.05) is 31.5 Å². The van der Waals surface area contributed by atoms with Gasteiger partial charge < -0.3 is 19.7 Å². The SMILES string of the molecule is CC=Nc1ncnc(NCCCN(CCCCCCCC(=O)OC(CC)CCCCCCCC)CCCCCCCC(=O)OC(CCCCCCCC)CCCCCCCC)c1C(C)C. The first-order valence-electron chi connectivity index (χ1n) is 28.0. The molecule has 0 aliphatic heterocycles. The van der Waals surface area contributed by atoms with E-state index in [0.717, 1.165) is 120 Å². The van der Waals surface area contributed by atoms with Crippen LogP contribution in [-0.4, -0.2) is 71.4 Å². The van der Waals surface area contributed by atoms with Gasteiger partial charge >= 0.3 is 11.9 Å². The Hall–Kier alpha value is -2.55. The third kappa shape index (κ3) is 34.4. The van der Waals surface area contributed by atoms with Crippen LogP contribution in [-0.2, 0) is 19.1 Å². The van der Waals surface area contributed by atoms with Crippen LogP contribution in [0.3, 0.4) is 0 Å². The van der Waals surface area contributed by atoms with E-state index >= 15 is 0 Å². The number of esters is 2. The third-order valence-electron chi connectivity index (χ3n) is 13.0. The highest BCUT2D eigenvalue weighted by atomic mass is 16.5. The Balaban J connectivity index is 2.54. The lowest BCUT2D eigenvalue weighted by atomic mass is 10.0. The molecule has 0 aromatic carbocycles. The van der Waals surface area contributed by atoms with Crippen LogP contribution in [0.5, 0.6) is 0 Å². The Kier molecular flexibility index (Phi) is 40.9. The zero-order valence-corrected chi connectivity index (χ0v) is 43.9. The van der Waals surface area contributed by atoms with Crippen molar-refractivity contribution >= 4 is 29.8 Å². The zero-order valence-electron chi connectivity index (χ0n) is 43.9. The highest BCUT2D eigenvalue weighted by Gasteiger charge is 2.17. The van der Waals surface area contributed by atoms with Crippen molar-refractivity contribution in [3.8, 4) is 0 Å². The number of rotatable bonds is 47. The number of carbonyl (C=O) groups excluding carboxylic acids is 2. The molecule has 1 aromatic rings. The number of carbonyl (C=O) groups is 2. The molecule has 1 rings (SSSR count). The van der Waals surface area contributed by atoms with Crippen molar-refractivity contribution in [2.24, 2.45) is 4.99 Å². The fourth-order valence-electron chi connectivity index (χ4n) is 8.95. The van der Waals surface area contributed by atoms with Gasteiger partial charge in [-0.2, -0.15) is 0 Å². The molecule has 0 aliphatic rings. The Morgan fingerprint density at radius 2 is 0.985 bits per heavy atom. The Labute approximate surface area is 402 Å². The molecule has 1 unspecified atom stereocenters. The van der Waals surface area contributed by atoms with Gasteiger partial charge in [-0.25, -0.2) is 15.0 Å². The topological polar surface area (TPSA) is 106 Å². The van der Waals surface area contributed by atoms with E-state index in [1.807, 2.05) is 6.92 Å². The lowest BCUT2D eigenvalue weighted by Crippen LogP contribution is -2.28. The van der Waals surface area contributed by atoms with Gasteiger partial charge in [0.1, 0.15) is 24.4 Å². The minimum atomic E-state index is -0.00871. The number of hydrogen-bond acceptors (Lipinski definition) is 9. The van der Waals surface area contributed by atoms with Gasteiger partial charge in [0.25, 0.3) is 0 Å². The number of hydrogen-bond donors (Lipinski definition) is 1. The van der Waals surface area contributed by atoms with E-state index in [-0.39, 0.29) is 30.1 Å². The van der Waals surface area contributed by atoms with Crippen molar-refractivity contribution < 1.29 is 19.1 Å². The fourth-order valence-corrected chi connectivity index (χ4v) is 8.95. The zero-order chi connectivity index (χ0) is 47.4. The molecule has 0 amide bonds. The highest BCUT2D eigenvalue weighted by molar-refractivity contribution is 5.70. The Morgan fingerprint density at radius 1 is 0.569 bits per heavy atom. The van der Waals surface area contributed by atoms with Gasteiger partial charge in [-0.1, -0.05) is 176 Å². The van der Waals surface area contributed by atoms with Gasteiger partial charge in [-0.3, -0.25) is 9.59 Å². The number of nitrogens with zero attached hydrogens (tertiary/aromatic N) is 4. The number of ether oxygens (including phenoxy) is 2. The minimum Gasteiger partial charge on any atom is -0.462 e. The number of aliphatic imine (C=N–C) groups is 1. The lowest BCUT2D eigenvalue weighted by molar-refractivity contribution is -0.150. The summed E-state index contributed by atoms with van der Waals surface area (Å²) in [6, 6.07) is 0. The van der Waals surface area contributed by atoms with Crippen LogP contribution in [0.15, 0.2) is 11.3 Å². The first kappa shape index (κ1) is 60.5. The second-order valence-corrected chi connectivity index (χ2v) is 19.5. The summed E-state index contributed by atoms with van der Waals surface area (Å²) in [7, 11) is 0. The molecule has 0 bridgehead atoms. The Bertz CT molecular complexity index is 1260. The molecule has 0 radical (unpaired) electrons. The molecule has 1 atom stereocenters.